The molecule has 19 heavy (non-hydrogen) atoms. The molecule has 0 aromatic carbocycles. The Morgan fingerprint density at radius 3 is 2.74 bits per heavy atom. The van der Waals surface area contributed by atoms with Gasteiger partial charge in [0.25, 0.3) is 5.56 Å². The molecule has 1 aliphatic carbocycles. The SMILES string of the molecule is O=c1[nH]c(=O)n([C@@H]2C[C@H](CO)C2CO)cc1/C=C/Br. The molecule has 0 amide bonds. The van der Waals surface area contributed by atoms with Crippen LogP contribution in [-0.4, -0.2) is 33.0 Å². The van der Waals surface area contributed by atoms with Gasteiger partial charge in [-0.05, 0) is 23.4 Å². The highest BCUT2D eigenvalue weighted by atomic mass is 79.9. The molecule has 3 atom stereocenters. The van der Waals surface area contributed by atoms with Crippen LogP contribution in [0.15, 0.2) is 20.8 Å². The Bertz CT molecular complexity index is 592. The first-order valence-electron chi connectivity index (χ1n) is 5.96. The summed E-state index contributed by atoms with van der Waals surface area (Å²) < 4.78 is 1.43. The van der Waals surface area contributed by atoms with Gasteiger partial charge in [-0.3, -0.25) is 14.3 Å². The van der Waals surface area contributed by atoms with E-state index in [9.17, 15) is 14.7 Å². The van der Waals surface area contributed by atoms with Gasteiger partial charge in [0.2, 0.25) is 0 Å². The lowest BCUT2D eigenvalue weighted by atomic mass is 9.70. The van der Waals surface area contributed by atoms with Gasteiger partial charge in [-0.2, -0.15) is 0 Å². The number of halogens is 1. The van der Waals surface area contributed by atoms with E-state index in [0.29, 0.717) is 12.0 Å². The number of aromatic nitrogens is 2. The van der Waals surface area contributed by atoms with Gasteiger partial charge in [0.05, 0.1) is 5.56 Å². The average molecular weight is 331 g/mol. The molecule has 7 heteroatoms. The molecule has 1 unspecified atom stereocenters. The molecule has 0 saturated heterocycles. The molecule has 0 aliphatic heterocycles. The summed E-state index contributed by atoms with van der Waals surface area (Å²) in [4.78, 5) is 27.2. The molecule has 2 rings (SSSR count). The van der Waals surface area contributed by atoms with Gasteiger partial charge in [0.1, 0.15) is 0 Å². The Hall–Kier alpha value is -1.18. The number of aromatic amines is 1. The standard InChI is InChI=1S/C12H15BrN2O4/c13-2-1-7-4-15(12(19)14-11(7)18)10-3-8(5-16)9(10)6-17/h1-2,4,8-10,16-17H,3,5-6H2,(H,14,18,19)/b2-1+/t8-,9?,10-/m1/s1. The zero-order valence-electron chi connectivity index (χ0n) is 10.1. The van der Waals surface area contributed by atoms with Crippen LogP contribution in [0.1, 0.15) is 18.0 Å². The molecule has 6 nitrogen and oxygen atoms in total. The second-order valence-corrected chi connectivity index (χ2v) is 5.16. The van der Waals surface area contributed by atoms with Crippen molar-refractivity contribution in [3.05, 3.63) is 37.6 Å². The fraction of sp³-hybridized carbons (Fsp3) is 0.500. The van der Waals surface area contributed by atoms with Crippen molar-refractivity contribution in [1.29, 1.82) is 0 Å². The number of hydrogen-bond acceptors (Lipinski definition) is 4. The molecule has 0 radical (unpaired) electrons. The van der Waals surface area contributed by atoms with E-state index in [1.54, 1.807) is 6.08 Å². The van der Waals surface area contributed by atoms with Gasteiger partial charge >= 0.3 is 5.69 Å². The maximum Gasteiger partial charge on any atom is 0.328 e. The second-order valence-electron chi connectivity index (χ2n) is 4.64. The number of nitrogens with one attached hydrogen (secondary N) is 1. The minimum atomic E-state index is -0.489. The molecule has 1 saturated carbocycles. The van der Waals surface area contributed by atoms with Crippen molar-refractivity contribution in [3.63, 3.8) is 0 Å². The maximum absolute atomic E-state index is 11.8. The third-order valence-electron chi connectivity index (χ3n) is 3.68. The van der Waals surface area contributed by atoms with Gasteiger partial charge in [0.15, 0.2) is 0 Å². The molecule has 0 spiro atoms. The lowest BCUT2D eigenvalue weighted by Gasteiger charge is -2.43. The largest absolute Gasteiger partial charge is 0.396 e. The van der Waals surface area contributed by atoms with Crippen LogP contribution in [0.5, 0.6) is 0 Å². The lowest BCUT2D eigenvalue weighted by molar-refractivity contribution is -0.00876. The van der Waals surface area contributed by atoms with Crippen LogP contribution in [-0.2, 0) is 0 Å². The normalized spacial score (nSPS) is 26.6. The van der Waals surface area contributed by atoms with Gasteiger partial charge in [-0.25, -0.2) is 4.79 Å². The zero-order valence-corrected chi connectivity index (χ0v) is 11.7. The van der Waals surface area contributed by atoms with E-state index in [1.807, 2.05) is 0 Å². The Labute approximate surface area is 117 Å². The fourth-order valence-corrected chi connectivity index (χ4v) is 2.80. The third-order valence-corrected chi connectivity index (χ3v) is 3.95. The van der Waals surface area contributed by atoms with Crippen molar-refractivity contribution in [3.8, 4) is 0 Å². The van der Waals surface area contributed by atoms with Crippen molar-refractivity contribution < 1.29 is 10.2 Å². The quantitative estimate of drug-likeness (QED) is 0.727. The molecular weight excluding hydrogens is 316 g/mol. The highest BCUT2D eigenvalue weighted by molar-refractivity contribution is 9.11. The molecule has 1 aliphatic rings. The van der Waals surface area contributed by atoms with Crippen LogP contribution < -0.4 is 11.2 Å². The van der Waals surface area contributed by atoms with E-state index in [1.165, 1.54) is 15.7 Å². The average Bonchev–Trinajstić information content (AvgIpc) is 2.34. The van der Waals surface area contributed by atoms with Crippen molar-refractivity contribution in [2.45, 2.75) is 12.5 Å². The van der Waals surface area contributed by atoms with E-state index < -0.39 is 11.2 Å². The van der Waals surface area contributed by atoms with Crippen molar-refractivity contribution >= 4 is 22.0 Å². The first-order chi connectivity index (χ1) is 9.12. The highest BCUT2D eigenvalue weighted by Crippen LogP contribution is 2.42. The summed E-state index contributed by atoms with van der Waals surface area (Å²) in [5, 5.41) is 18.4. The molecule has 104 valence electrons. The summed E-state index contributed by atoms with van der Waals surface area (Å²) in [7, 11) is 0. The number of nitrogens with zero attached hydrogens (tertiary/aromatic N) is 1. The number of aliphatic hydroxyl groups excluding tert-OH is 2. The molecule has 3 N–H and O–H groups in total. The summed E-state index contributed by atoms with van der Waals surface area (Å²) >= 11 is 3.08. The smallest absolute Gasteiger partial charge is 0.328 e. The van der Waals surface area contributed by atoms with Gasteiger partial charge in [-0.1, -0.05) is 15.9 Å². The summed E-state index contributed by atoms with van der Waals surface area (Å²) in [6.45, 7) is -0.0981. The number of aliphatic hydroxyl groups is 2. The van der Waals surface area contributed by atoms with Crippen LogP contribution in [0.3, 0.4) is 0 Å². The van der Waals surface area contributed by atoms with E-state index in [4.69, 9.17) is 5.11 Å². The molecular formula is C12H15BrN2O4. The van der Waals surface area contributed by atoms with Gasteiger partial charge in [-0.15, -0.1) is 0 Å². The molecule has 1 aromatic rings. The summed E-state index contributed by atoms with van der Waals surface area (Å²) in [5.41, 5.74) is -0.576. The van der Waals surface area contributed by atoms with Crippen LogP contribution in [0.25, 0.3) is 6.08 Å². The maximum atomic E-state index is 11.8. The second kappa shape index (κ2) is 5.85. The predicted molar refractivity (Wildman–Crippen MR) is 74.1 cm³/mol. The van der Waals surface area contributed by atoms with Crippen LogP contribution in [0.4, 0.5) is 0 Å². The molecule has 1 aromatic heterocycles. The monoisotopic (exact) mass is 330 g/mol. The summed E-state index contributed by atoms with van der Waals surface area (Å²) in [5.74, 6) is -0.154. The van der Waals surface area contributed by atoms with Crippen molar-refractivity contribution in [2.24, 2.45) is 11.8 Å². The molecule has 1 heterocycles. The number of H-pyrrole nitrogens is 1. The van der Waals surface area contributed by atoms with E-state index in [2.05, 4.69) is 20.9 Å². The van der Waals surface area contributed by atoms with Crippen LogP contribution in [0, 0.1) is 11.8 Å². The summed E-state index contributed by atoms with van der Waals surface area (Å²) in [6.07, 6.45) is 3.65. The Balaban J connectivity index is 2.38. The third kappa shape index (κ3) is 2.58. The van der Waals surface area contributed by atoms with E-state index in [0.717, 1.165) is 0 Å². The van der Waals surface area contributed by atoms with E-state index >= 15 is 0 Å². The molecule has 1 fully saturated rings. The van der Waals surface area contributed by atoms with Gasteiger partial charge in [0, 0.05) is 31.4 Å². The minimum Gasteiger partial charge on any atom is -0.396 e. The Kier molecular flexibility index (Phi) is 4.38. The first-order valence-corrected chi connectivity index (χ1v) is 6.87. The predicted octanol–water partition coefficient (Wildman–Crippen LogP) is 0.0640. The number of rotatable bonds is 4. The molecule has 0 bridgehead atoms. The van der Waals surface area contributed by atoms with Crippen molar-refractivity contribution in [2.75, 3.05) is 13.2 Å². The lowest BCUT2D eigenvalue weighted by Crippen LogP contribution is -2.47. The zero-order chi connectivity index (χ0) is 14.0. The Morgan fingerprint density at radius 2 is 2.16 bits per heavy atom. The fourth-order valence-electron chi connectivity index (χ4n) is 2.51. The highest BCUT2D eigenvalue weighted by Gasteiger charge is 2.41. The first kappa shape index (κ1) is 14.2. The van der Waals surface area contributed by atoms with Crippen molar-refractivity contribution in [1.82, 2.24) is 9.55 Å². The minimum absolute atomic E-state index is 0.00370. The Morgan fingerprint density at radius 1 is 1.42 bits per heavy atom. The number of hydrogen-bond donors (Lipinski definition) is 3. The van der Waals surface area contributed by atoms with Crippen LogP contribution in [0.2, 0.25) is 0 Å². The van der Waals surface area contributed by atoms with Crippen LogP contribution >= 0.6 is 15.9 Å². The topological polar surface area (TPSA) is 95.3 Å². The summed E-state index contributed by atoms with van der Waals surface area (Å²) in [6, 6.07) is -0.186. The van der Waals surface area contributed by atoms with Gasteiger partial charge < -0.3 is 10.2 Å². The van der Waals surface area contributed by atoms with E-state index in [-0.39, 0.29) is 31.1 Å².